The van der Waals surface area contributed by atoms with Crippen molar-refractivity contribution in [2.45, 2.75) is 6.54 Å². The molecule has 0 radical (unpaired) electrons. The molecule has 2 aromatic heterocycles. The van der Waals surface area contributed by atoms with Gasteiger partial charge in [-0.05, 0) is 12.1 Å². The van der Waals surface area contributed by atoms with E-state index in [1.165, 1.54) is 30.8 Å². The Morgan fingerprint density at radius 1 is 1.30 bits per heavy atom. The molecule has 0 aliphatic carbocycles. The fraction of sp³-hybridized carbons (Fsp3) is 0.154. The summed E-state index contributed by atoms with van der Waals surface area (Å²) in [5.74, 6) is -0.504. The molecule has 0 aromatic carbocycles. The third-order valence-corrected chi connectivity index (χ3v) is 2.41. The van der Waals surface area contributed by atoms with Crippen LogP contribution in [0.25, 0.3) is 0 Å². The highest BCUT2D eigenvalue weighted by atomic mass is 16.5. The van der Waals surface area contributed by atoms with Gasteiger partial charge in [0.1, 0.15) is 5.76 Å². The standard InChI is InChI=1S/C13H12N2O5/c16-12(14-8-11-2-1-7-19-11)9-20-13(17)10-3-5-15(18)6-4-10/h1-7H,8-9H2,(H,14,16). The minimum absolute atomic E-state index is 0.205. The number of carbonyl (C=O) groups excluding carboxylic acids is 2. The van der Waals surface area contributed by atoms with Crippen LogP contribution in [-0.2, 0) is 16.1 Å². The predicted octanol–water partition coefficient (Wildman–Crippen LogP) is 0.386. The van der Waals surface area contributed by atoms with Gasteiger partial charge in [0.15, 0.2) is 19.0 Å². The minimum Gasteiger partial charge on any atom is -0.619 e. The van der Waals surface area contributed by atoms with Crippen molar-refractivity contribution >= 4 is 11.9 Å². The van der Waals surface area contributed by atoms with Gasteiger partial charge < -0.3 is 19.7 Å². The van der Waals surface area contributed by atoms with Crippen molar-refractivity contribution in [1.82, 2.24) is 5.32 Å². The number of carbonyl (C=O) groups is 2. The van der Waals surface area contributed by atoms with Crippen LogP contribution in [0.2, 0.25) is 0 Å². The summed E-state index contributed by atoms with van der Waals surface area (Å²) in [6, 6.07) is 6.06. The molecular weight excluding hydrogens is 264 g/mol. The average molecular weight is 276 g/mol. The van der Waals surface area contributed by atoms with Crippen LogP contribution in [0.4, 0.5) is 0 Å². The molecule has 20 heavy (non-hydrogen) atoms. The first-order valence-electron chi connectivity index (χ1n) is 5.80. The molecule has 0 unspecified atom stereocenters. The number of pyridine rings is 1. The van der Waals surface area contributed by atoms with Gasteiger partial charge in [0, 0.05) is 12.1 Å². The topological polar surface area (TPSA) is 95.5 Å². The Labute approximate surface area is 114 Å². The summed E-state index contributed by atoms with van der Waals surface area (Å²) in [5.41, 5.74) is 0.205. The van der Waals surface area contributed by atoms with Crippen LogP contribution in [0.3, 0.4) is 0 Å². The Morgan fingerprint density at radius 3 is 2.70 bits per heavy atom. The van der Waals surface area contributed by atoms with Crippen molar-refractivity contribution in [2.24, 2.45) is 0 Å². The second kappa shape index (κ2) is 6.37. The molecule has 0 aliphatic heterocycles. The third kappa shape index (κ3) is 3.84. The summed E-state index contributed by atoms with van der Waals surface area (Å²) >= 11 is 0. The second-order valence-electron chi connectivity index (χ2n) is 3.88. The van der Waals surface area contributed by atoms with Crippen molar-refractivity contribution in [3.63, 3.8) is 0 Å². The van der Waals surface area contributed by atoms with Crippen molar-refractivity contribution < 1.29 is 23.5 Å². The molecule has 0 aliphatic rings. The maximum atomic E-state index is 11.6. The number of nitrogens with zero attached hydrogens (tertiary/aromatic N) is 1. The smallest absolute Gasteiger partial charge is 0.339 e. The van der Waals surface area contributed by atoms with E-state index in [0.29, 0.717) is 10.5 Å². The van der Waals surface area contributed by atoms with E-state index >= 15 is 0 Å². The van der Waals surface area contributed by atoms with Crippen molar-refractivity contribution in [1.29, 1.82) is 0 Å². The summed E-state index contributed by atoms with van der Waals surface area (Å²) < 4.78 is 10.4. The lowest BCUT2D eigenvalue weighted by atomic mass is 10.3. The molecule has 1 N–H and O–H groups in total. The van der Waals surface area contributed by atoms with E-state index in [0.717, 1.165) is 0 Å². The number of esters is 1. The lowest BCUT2D eigenvalue weighted by Gasteiger charge is -2.05. The monoisotopic (exact) mass is 276 g/mol. The molecule has 2 aromatic rings. The largest absolute Gasteiger partial charge is 0.619 e. The molecule has 0 saturated carbocycles. The Hall–Kier alpha value is -2.83. The zero-order chi connectivity index (χ0) is 14.4. The average Bonchev–Trinajstić information content (AvgIpc) is 2.96. The van der Waals surface area contributed by atoms with Gasteiger partial charge in [-0.15, -0.1) is 0 Å². The van der Waals surface area contributed by atoms with Crippen LogP contribution in [0.5, 0.6) is 0 Å². The lowest BCUT2D eigenvalue weighted by Crippen LogP contribution is -2.28. The maximum absolute atomic E-state index is 11.6. The number of ether oxygens (including phenoxy) is 1. The van der Waals surface area contributed by atoms with Gasteiger partial charge in [0.05, 0.1) is 18.4 Å². The molecule has 1 amide bonds. The number of hydrogen-bond donors (Lipinski definition) is 1. The number of hydrogen-bond acceptors (Lipinski definition) is 5. The third-order valence-electron chi connectivity index (χ3n) is 2.41. The van der Waals surface area contributed by atoms with Crippen molar-refractivity contribution in [3.8, 4) is 0 Å². The quantitative estimate of drug-likeness (QED) is 0.484. The molecule has 2 rings (SSSR count). The molecule has 0 fully saturated rings. The van der Waals surface area contributed by atoms with Crippen molar-refractivity contribution in [2.75, 3.05) is 6.61 Å². The highest BCUT2D eigenvalue weighted by Crippen LogP contribution is 2.00. The van der Waals surface area contributed by atoms with Crippen LogP contribution < -0.4 is 10.0 Å². The molecular formula is C13H12N2O5. The first-order chi connectivity index (χ1) is 9.65. The SMILES string of the molecule is O=C(COC(=O)c1cc[n+]([O-])cc1)NCc1ccco1. The van der Waals surface area contributed by atoms with Gasteiger partial charge in [0.2, 0.25) is 0 Å². The Bertz CT molecular complexity index is 577. The maximum Gasteiger partial charge on any atom is 0.339 e. The molecule has 0 spiro atoms. The van der Waals surface area contributed by atoms with Crippen LogP contribution in [-0.4, -0.2) is 18.5 Å². The summed E-state index contributed by atoms with van der Waals surface area (Å²) in [4.78, 5) is 23.0. The predicted molar refractivity (Wildman–Crippen MR) is 66.2 cm³/mol. The van der Waals surface area contributed by atoms with E-state index < -0.39 is 18.5 Å². The summed E-state index contributed by atoms with van der Waals surface area (Å²) in [5, 5.41) is 13.3. The van der Waals surface area contributed by atoms with Crippen LogP contribution in [0, 0.1) is 5.21 Å². The lowest BCUT2D eigenvalue weighted by molar-refractivity contribution is -0.605. The molecule has 0 atom stereocenters. The number of nitrogens with one attached hydrogen (secondary N) is 1. The summed E-state index contributed by atoms with van der Waals surface area (Å²) in [6.07, 6.45) is 3.85. The summed E-state index contributed by atoms with van der Waals surface area (Å²) in [6.45, 7) is -0.170. The van der Waals surface area contributed by atoms with Gasteiger partial charge in [-0.3, -0.25) is 4.79 Å². The second-order valence-corrected chi connectivity index (χ2v) is 3.88. The molecule has 0 bridgehead atoms. The normalized spacial score (nSPS) is 10.0. The molecule has 2 heterocycles. The number of rotatable bonds is 5. The van der Waals surface area contributed by atoms with E-state index in [-0.39, 0.29) is 12.1 Å². The van der Waals surface area contributed by atoms with E-state index in [9.17, 15) is 14.8 Å². The zero-order valence-corrected chi connectivity index (χ0v) is 10.4. The number of aromatic nitrogens is 1. The van der Waals surface area contributed by atoms with E-state index in [1.54, 1.807) is 12.1 Å². The molecule has 7 nitrogen and oxygen atoms in total. The van der Waals surface area contributed by atoms with Gasteiger partial charge >= 0.3 is 5.97 Å². The fourth-order valence-electron chi connectivity index (χ4n) is 1.41. The zero-order valence-electron chi connectivity index (χ0n) is 10.4. The van der Waals surface area contributed by atoms with E-state index in [4.69, 9.17) is 9.15 Å². The Kier molecular flexibility index (Phi) is 4.33. The molecule has 7 heteroatoms. The van der Waals surface area contributed by atoms with Gasteiger partial charge in [-0.25, -0.2) is 4.79 Å². The fourth-order valence-corrected chi connectivity index (χ4v) is 1.41. The van der Waals surface area contributed by atoms with Crippen LogP contribution in [0.1, 0.15) is 16.1 Å². The number of amides is 1. The van der Waals surface area contributed by atoms with Gasteiger partial charge in [0.25, 0.3) is 5.91 Å². The van der Waals surface area contributed by atoms with E-state index in [1.807, 2.05) is 0 Å². The minimum atomic E-state index is -0.668. The first-order valence-corrected chi connectivity index (χ1v) is 5.80. The van der Waals surface area contributed by atoms with Crippen LogP contribution in [0.15, 0.2) is 47.3 Å². The number of furan rings is 1. The van der Waals surface area contributed by atoms with Crippen molar-refractivity contribution in [3.05, 3.63) is 59.5 Å². The Balaban J connectivity index is 1.75. The van der Waals surface area contributed by atoms with E-state index in [2.05, 4.69) is 5.32 Å². The Morgan fingerprint density at radius 2 is 2.05 bits per heavy atom. The highest BCUT2D eigenvalue weighted by molar-refractivity contribution is 5.90. The molecule has 104 valence electrons. The van der Waals surface area contributed by atoms with Gasteiger partial charge in [-0.2, -0.15) is 4.73 Å². The van der Waals surface area contributed by atoms with Gasteiger partial charge in [-0.1, -0.05) is 0 Å². The molecule has 0 saturated heterocycles. The van der Waals surface area contributed by atoms with Crippen LogP contribution >= 0.6 is 0 Å². The highest BCUT2D eigenvalue weighted by Gasteiger charge is 2.11. The first kappa shape index (κ1) is 13.6. The summed E-state index contributed by atoms with van der Waals surface area (Å²) in [7, 11) is 0.